The summed E-state index contributed by atoms with van der Waals surface area (Å²) in [7, 11) is 4.00. The first kappa shape index (κ1) is 23.7. The first-order valence-electron chi connectivity index (χ1n) is 10.7. The standard InChI is InChI=1S/C25H30N6O2/c1-31(2)13-3-12-30-22(32)15-20-14-21(16-4-8-18(9-5-16)24(26)27)33-23(20)17-6-10-19(11-7-17)25(28)29/h4-11,14H,3,12-13,15H2,1-2H3,(H3,26,27)(H3,28,29)(H,30,32). The largest absolute Gasteiger partial charge is 0.456 e. The van der Waals surface area contributed by atoms with E-state index in [0.29, 0.717) is 29.2 Å². The summed E-state index contributed by atoms with van der Waals surface area (Å²) in [6.45, 7) is 1.51. The number of nitrogen functional groups attached to an aromatic ring is 2. The quantitative estimate of drug-likeness (QED) is 0.185. The number of carbonyl (C=O) groups excluding carboxylic acids is 1. The van der Waals surface area contributed by atoms with Crippen LogP contribution in [0, 0.1) is 10.8 Å². The van der Waals surface area contributed by atoms with Gasteiger partial charge in [-0.15, -0.1) is 0 Å². The van der Waals surface area contributed by atoms with Crippen LogP contribution in [-0.4, -0.2) is 49.7 Å². The van der Waals surface area contributed by atoms with Gasteiger partial charge in [-0.2, -0.15) is 0 Å². The number of benzene rings is 2. The van der Waals surface area contributed by atoms with Crippen LogP contribution in [0.5, 0.6) is 0 Å². The molecule has 1 amide bonds. The Kier molecular flexibility index (Phi) is 7.63. The third-order valence-corrected chi connectivity index (χ3v) is 5.20. The fraction of sp³-hybridized carbons (Fsp3) is 0.240. The molecule has 2 aromatic carbocycles. The molecule has 1 heterocycles. The van der Waals surface area contributed by atoms with E-state index in [1.165, 1.54) is 0 Å². The van der Waals surface area contributed by atoms with Crippen molar-refractivity contribution in [2.75, 3.05) is 27.2 Å². The van der Waals surface area contributed by atoms with Crippen LogP contribution in [0.2, 0.25) is 0 Å². The predicted molar refractivity (Wildman–Crippen MR) is 131 cm³/mol. The monoisotopic (exact) mass is 446 g/mol. The molecule has 172 valence electrons. The molecule has 1 aromatic heterocycles. The van der Waals surface area contributed by atoms with Crippen LogP contribution in [0.4, 0.5) is 0 Å². The number of carbonyl (C=O) groups is 1. The zero-order chi connectivity index (χ0) is 24.0. The van der Waals surface area contributed by atoms with Crippen molar-refractivity contribution in [2.24, 2.45) is 11.5 Å². The zero-order valence-electron chi connectivity index (χ0n) is 18.9. The molecule has 8 heteroatoms. The topological polar surface area (TPSA) is 145 Å². The van der Waals surface area contributed by atoms with Crippen LogP contribution >= 0.6 is 0 Å². The van der Waals surface area contributed by atoms with Gasteiger partial charge in [-0.25, -0.2) is 0 Å². The molecule has 0 aliphatic rings. The number of nitrogens with two attached hydrogens (primary N) is 2. The van der Waals surface area contributed by atoms with Gasteiger partial charge in [0.05, 0.1) is 6.42 Å². The third-order valence-electron chi connectivity index (χ3n) is 5.20. The molecule has 0 spiro atoms. The average Bonchev–Trinajstić information content (AvgIpc) is 3.20. The Morgan fingerprint density at radius 2 is 1.48 bits per heavy atom. The summed E-state index contributed by atoms with van der Waals surface area (Å²) in [5, 5.41) is 18.1. The SMILES string of the molecule is CN(C)CCCNC(=O)Cc1cc(-c2ccc(C(=N)N)cc2)oc1-c1ccc(C(=N)N)cc1. The number of furan rings is 1. The van der Waals surface area contributed by atoms with Crippen molar-refractivity contribution in [1.82, 2.24) is 10.2 Å². The molecule has 3 rings (SSSR count). The minimum atomic E-state index is -0.0744. The molecular formula is C25H30N6O2. The van der Waals surface area contributed by atoms with E-state index in [2.05, 4.69) is 10.2 Å². The number of nitrogens with one attached hydrogen (secondary N) is 3. The Labute approximate surface area is 193 Å². The molecule has 33 heavy (non-hydrogen) atoms. The summed E-state index contributed by atoms with van der Waals surface area (Å²) in [5.41, 5.74) is 14.7. The number of nitrogens with zero attached hydrogens (tertiary/aromatic N) is 1. The van der Waals surface area contributed by atoms with Crippen molar-refractivity contribution in [3.63, 3.8) is 0 Å². The first-order chi connectivity index (χ1) is 15.7. The van der Waals surface area contributed by atoms with Crippen molar-refractivity contribution in [3.05, 3.63) is 71.3 Å². The highest BCUT2D eigenvalue weighted by molar-refractivity contribution is 5.96. The van der Waals surface area contributed by atoms with E-state index in [1.807, 2.05) is 44.4 Å². The van der Waals surface area contributed by atoms with Crippen molar-refractivity contribution < 1.29 is 9.21 Å². The molecule has 7 N–H and O–H groups in total. The van der Waals surface area contributed by atoms with E-state index in [0.717, 1.165) is 29.7 Å². The van der Waals surface area contributed by atoms with Crippen LogP contribution in [-0.2, 0) is 11.2 Å². The minimum absolute atomic E-state index is 0.00104. The van der Waals surface area contributed by atoms with Gasteiger partial charge in [-0.05, 0) is 33.1 Å². The molecule has 0 bridgehead atoms. The predicted octanol–water partition coefficient (Wildman–Crippen LogP) is 2.79. The molecule has 0 saturated carbocycles. The molecular weight excluding hydrogens is 416 g/mol. The number of hydrogen-bond acceptors (Lipinski definition) is 5. The minimum Gasteiger partial charge on any atom is -0.456 e. The van der Waals surface area contributed by atoms with Gasteiger partial charge in [0.1, 0.15) is 23.2 Å². The van der Waals surface area contributed by atoms with E-state index < -0.39 is 0 Å². The summed E-state index contributed by atoms with van der Waals surface area (Å²) < 4.78 is 6.19. The Balaban J connectivity index is 1.88. The maximum atomic E-state index is 12.6. The van der Waals surface area contributed by atoms with E-state index in [4.69, 9.17) is 26.7 Å². The maximum absolute atomic E-state index is 12.6. The molecule has 0 unspecified atom stereocenters. The van der Waals surface area contributed by atoms with Gasteiger partial charge in [-0.3, -0.25) is 15.6 Å². The molecule has 8 nitrogen and oxygen atoms in total. The van der Waals surface area contributed by atoms with Crippen molar-refractivity contribution >= 4 is 17.6 Å². The van der Waals surface area contributed by atoms with Crippen LogP contribution in [0.15, 0.2) is 59.0 Å². The highest BCUT2D eigenvalue weighted by Gasteiger charge is 2.17. The summed E-state index contributed by atoms with van der Waals surface area (Å²) in [6, 6.07) is 16.2. The van der Waals surface area contributed by atoms with Gasteiger partial charge in [0.2, 0.25) is 5.91 Å². The summed E-state index contributed by atoms with van der Waals surface area (Å²) in [6.07, 6.45) is 1.05. The molecule has 0 aliphatic heterocycles. The summed E-state index contributed by atoms with van der Waals surface area (Å²) in [4.78, 5) is 14.7. The van der Waals surface area contributed by atoms with Crippen LogP contribution in [0.1, 0.15) is 23.1 Å². The van der Waals surface area contributed by atoms with Crippen LogP contribution < -0.4 is 16.8 Å². The zero-order valence-corrected chi connectivity index (χ0v) is 18.9. The van der Waals surface area contributed by atoms with Gasteiger partial charge in [0.25, 0.3) is 0 Å². The van der Waals surface area contributed by atoms with E-state index in [9.17, 15) is 4.79 Å². The van der Waals surface area contributed by atoms with Crippen LogP contribution in [0.25, 0.3) is 22.6 Å². The first-order valence-corrected chi connectivity index (χ1v) is 10.7. The highest BCUT2D eigenvalue weighted by atomic mass is 16.3. The van der Waals surface area contributed by atoms with Gasteiger partial charge in [-0.1, -0.05) is 48.5 Å². The lowest BCUT2D eigenvalue weighted by Crippen LogP contribution is -2.28. The molecule has 0 atom stereocenters. The summed E-state index contributed by atoms with van der Waals surface area (Å²) >= 11 is 0. The molecule has 0 radical (unpaired) electrons. The number of amides is 1. The molecule has 0 aliphatic carbocycles. The highest BCUT2D eigenvalue weighted by Crippen LogP contribution is 2.33. The van der Waals surface area contributed by atoms with Gasteiger partial charge >= 0.3 is 0 Å². The van der Waals surface area contributed by atoms with Crippen LogP contribution in [0.3, 0.4) is 0 Å². The lowest BCUT2D eigenvalue weighted by molar-refractivity contribution is -0.120. The molecule has 0 fully saturated rings. The Hall–Kier alpha value is -3.91. The maximum Gasteiger partial charge on any atom is 0.224 e. The Bertz CT molecular complexity index is 1130. The van der Waals surface area contributed by atoms with Crippen molar-refractivity contribution in [2.45, 2.75) is 12.8 Å². The van der Waals surface area contributed by atoms with E-state index in [-0.39, 0.29) is 24.0 Å². The fourth-order valence-electron chi connectivity index (χ4n) is 3.42. The second-order valence-corrected chi connectivity index (χ2v) is 8.13. The summed E-state index contributed by atoms with van der Waals surface area (Å²) in [5.74, 6) is 1.13. The Morgan fingerprint density at radius 3 is 2.00 bits per heavy atom. The number of hydrogen-bond donors (Lipinski definition) is 5. The van der Waals surface area contributed by atoms with Gasteiger partial charge < -0.3 is 26.1 Å². The van der Waals surface area contributed by atoms with Crippen molar-refractivity contribution in [3.8, 4) is 22.6 Å². The number of rotatable bonds is 10. The van der Waals surface area contributed by atoms with E-state index >= 15 is 0 Å². The molecule has 3 aromatic rings. The fourth-order valence-corrected chi connectivity index (χ4v) is 3.42. The number of amidine groups is 2. The lowest BCUT2D eigenvalue weighted by Gasteiger charge is -2.10. The second kappa shape index (κ2) is 10.6. The molecule has 0 saturated heterocycles. The third kappa shape index (κ3) is 6.30. The van der Waals surface area contributed by atoms with Crippen molar-refractivity contribution in [1.29, 1.82) is 10.8 Å². The van der Waals surface area contributed by atoms with Gasteiger partial charge in [0, 0.05) is 34.4 Å². The normalized spacial score (nSPS) is 10.9. The van der Waals surface area contributed by atoms with Gasteiger partial charge in [0.15, 0.2) is 0 Å². The lowest BCUT2D eigenvalue weighted by atomic mass is 10.0. The Morgan fingerprint density at radius 1 is 0.939 bits per heavy atom. The average molecular weight is 447 g/mol. The smallest absolute Gasteiger partial charge is 0.224 e. The second-order valence-electron chi connectivity index (χ2n) is 8.13. The van der Waals surface area contributed by atoms with E-state index in [1.54, 1.807) is 24.3 Å².